The zero-order valence-electron chi connectivity index (χ0n) is 9.56. The number of hydrogen-bond donors (Lipinski definition) is 0. The molecule has 1 heterocycles. The fraction of sp³-hybridized carbons (Fsp3) is 0.636. The average Bonchev–Trinajstić information content (AvgIpc) is 2.60. The number of ketones is 1. The standard InChI is InChI=1S/C11H18N2O2/c1-9(2)8-15-5-4-13-7-11(6-12-13)10(3)14/h6-7,9H,4-5,8H2,1-3H3. The van der Waals surface area contributed by atoms with Crippen molar-refractivity contribution in [1.82, 2.24) is 9.78 Å². The first-order chi connectivity index (χ1) is 7.09. The molecular weight excluding hydrogens is 192 g/mol. The molecular formula is C11H18N2O2. The van der Waals surface area contributed by atoms with Crippen LogP contribution in [0.1, 0.15) is 31.1 Å². The molecule has 0 spiro atoms. The lowest BCUT2D eigenvalue weighted by Crippen LogP contribution is -2.09. The van der Waals surface area contributed by atoms with Crippen molar-refractivity contribution in [3.8, 4) is 0 Å². The Bertz CT molecular complexity index is 318. The van der Waals surface area contributed by atoms with Gasteiger partial charge in [-0.1, -0.05) is 13.8 Å². The maximum absolute atomic E-state index is 11.0. The van der Waals surface area contributed by atoms with Crippen LogP contribution in [0.15, 0.2) is 12.4 Å². The Morgan fingerprint density at radius 2 is 2.33 bits per heavy atom. The van der Waals surface area contributed by atoms with Gasteiger partial charge in [-0.25, -0.2) is 0 Å². The minimum Gasteiger partial charge on any atom is -0.379 e. The normalized spacial score (nSPS) is 10.9. The van der Waals surface area contributed by atoms with E-state index in [1.54, 1.807) is 17.1 Å². The van der Waals surface area contributed by atoms with E-state index < -0.39 is 0 Å². The summed E-state index contributed by atoms with van der Waals surface area (Å²) in [6, 6.07) is 0. The van der Waals surface area contributed by atoms with Crippen molar-refractivity contribution in [3.05, 3.63) is 18.0 Å². The van der Waals surface area contributed by atoms with E-state index in [0.29, 0.717) is 24.6 Å². The molecule has 0 aliphatic carbocycles. The first-order valence-electron chi connectivity index (χ1n) is 5.20. The summed E-state index contributed by atoms with van der Waals surface area (Å²) in [7, 11) is 0. The van der Waals surface area contributed by atoms with Gasteiger partial charge >= 0.3 is 0 Å². The van der Waals surface area contributed by atoms with Crippen LogP contribution in [0.25, 0.3) is 0 Å². The zero-order valence-corrected chi connectivity index (χ0v) is 9.56. The molecule has 0 N–H and O–H groups in total. The maximum atomic E-state index is 11.0. The van der Waals surface area contributed by atoms with Gasteiger partial charge < -0.3 is 4.74 Å². The molecule has 0 atom stereocenters. The van der Waals surface area contributed by atoms with E-state index in [0.717, 1.165) is 6.61 Å². The van der Waals surface area contributed by atoms with E-state index in [9.17, 15) is 4.79 Å². The topological polar surface area (TPSA) is 44.1 Å². The highest BCUT2D eigenvalue weighted by Crippen LogP contribution is 1.99. The van der Waals surface area contributed by atoms with Crippen LogP contribution in [-0.2, 0) is 11.3 Å². The van der Waals surface area contributed by atoms with Crippen molar-refractivity contribution in [2.75, 3.05) is 13.2 Å². The fourth-order valence-corrected chi connectivity index (χ4v) is 1.14. The molecule has 84 valence electrons. The minimum atomic E-state index is 0.0457. The molecule has 0 aliphatic rings. The number of aromatic nitrogens is 2. The third-order valence-electron chi connectivity index (χ3n) is 1.96. The number of ether oxygens (including phenoxy) is 1. The summed E-state index contributed by atoms with van der Waals surface area (Å²) in [5.74, 6) is 0.597. The van der Waals surface area contributed by atoms with Gasteiger partial charge in [0.15, 0.2) is 5.78 Å². The Balaban J connectivity index is 2.29. The van der Waals surface area contributed by atoms with Gasteiger partial charge in [0.2, 0.25) is 0 Å². The largest absolute Gasteiger partial charge is 0.379 e. The van der Waals surface area contributed by atoms with Crippen LogP contribution < -0.4 is 0 Å². The summed E-state index contributed by atoms with van der Waals surface area (Å²) in [5.41, 5.74) is 0.652. The Morgan fingerprint density at radius 1 is 1.60 bits per heavy atom. The molecule has 0 saturated heterocycles. The SMILES string of the molecule is CC(=O)c1cnn(CCOCC(C)C)c1. The second-order valence-corrected chi connectivity index (χ2v) is 4.02. The monoisotopic (exact) mass is 210 g/mol. The van der Waals surface area contributed by atoms with Crippen LogP contribution in [0.4, 0.5) is 0 Å². The fourth-order valence-electron chi connectivity index (χ4n) is 1.14. The predicted molar refractivity (Wildman–Crippen MR) is 57.9 cm³/mol. The molecule has 4 nitrogen and oxygen atoms in total. The summed E-state index contributed by atoms with van der Waals surface area (Å²) in [4.78, 5) is 11.0. The van der Waals surface area contributed by atoms with E-state index in [1.165, 1.54) is 6.92 Å². The van der Waals surface area contributed by atoms with Gasteiger partial charge in [0.1, 0.15) is 0 Å². The van der Waals surface area contributed by atoms with Crippen LogP contribution in [0.3, 0.4) is 0 Å². The Hall–Kier alpha value is -1.16. The highest BCUT2D eigenvalue weighted by atomic mass is 16.5. The van der Waals surface area contributed by atoms with Crippen molar-refractivity contribution < 1.29 is 9.53 Å². The Kier molecular flexibility index (Phi) is 4.49. The Morgan fingerprint density at radius 3 is 2.87 bits per heavy atom. The molecule has 1 aromatic rings. The molecule has 0 bridgehead atoms. The molecule has 0 fully saturated rings. The zero-order chi connectivity index (χ0) is 11.3. The van der Waals surface area contributed by atoms with Gasteiger partial charge in [-0.05, 0) is 12.8 Å². The van der Waals surface area contributed by atoms with E-state index >= 15 is 0 Å². The molecule has 4 heteroatoms. The molecule has 0 radical (unpaired) electrons. The Labute approximate surface area is 90.2 Å². The highest BCUT2D eigenvalue weighted by Gasteiger charge is 2.02. The predicted octanol–water partition coefficient (Wildman–Crippen LogP) is 1.76. The van der Waals surface area contributed by atoms with Crippen molar-refractivity contribution in [3.63, 3.8) is 0 Å². The van der Waals surface area contributed by atoms with Crippen LogP contribution in [-0.4, -0.2) is 28.8 Å². The summed E-state index contributed by atoms with van der Waals surface area (Å²) < 4.78 is 7.16. The first-order valence-corrected chi connectivity index (χ1v) is 5.20. The van der Waals surface area contributed by atoms with Gasteiger partial charge in [0.05, 0.1) is 24.9 Å². The van der Waals surface area contributed by atoms with E-state index in [-0.39, 0.29) is 5.78 Å². The number of carbonyl (C=O) groups excluding carboxylic acids is 1. The van der Waals surface area contributed by atoms with Gasteiger partial charge in [-0.2, -0.15) is 5.10 Å². The van der Waals surface area contributed by atoms with Gasteiger partial charge in [-0.15, -0.1) is 0 Å². The summed E-state index contributed by atoms with van der Waals surface area (Å²) in [5, 5.41) is 4.07. The summed E-state index contributed by atoms with van der Waals surface area (Å²) >= 11 is 0. The highest BCUT2D eigenvalue weighted by molar-refractivity contribution is 5.93. The molecule has 15 heavy (non-hydrogen) atoms. The van der Waals surface area contributed by atoms with Crippen molar-refractivity contribution >= 4 is 5.78 Å². The third-order valence-corrected chi connectivity index (χ3v) is 1.96. The molecule has 0 unspecified atom stereocenters. The van der Waals surface area contributed by atoms with Crippen molar-refractivity contribution in [2.24, 2.45) is 5.92 Å². The molecule has 0 aliphatic heterocycles. The summed E-state index contributed by atoms with van der Waals surface area (Å²) in [6.07, 6.45) is 3.34. The van der Waals surface area contributed by atoms with Crippen LogP contribution in [0, 0.1) is 5.92 Å². The first kappa shape index (κ1) is 11.9. The molecule has 1 rings (SSSR count). The smallest absolute Gasteiger partial charge is 0.162 e. The maximum Gasteiger partial charge on any atom is 0.162 e. The number of Topliss-reactive ketones (excluding diaryl/α,β-unsaturated/α-hetero) is 1. The second kappa shape index (κ2) is 5.66. The van der Waals surface area contributed by atoms with Crippen LogP contribution >= 0.6 is 0 Å². The number of hydrogen-bond acceptors (Lipinski definition) is 3. The number of carbonyl (C=O) groups is 1. The van der Waals surface area contributed by atoms with E-state index in [1.807, 2.05) is 0 Å². The number of rotatable bonds is 6. The van der Waals surface area contributed by atoms with E-state index in [4.69, 9.17) is 4.74 Å². The van der Waals surface area contributed by atoms with Crippen molar-refractivity contribution in [2.45, 2.75) is 27.3 Å². The lowest BCUT2D eigenvalue weighted by atomic mass is 10.2. The average molecular weight is 210 g/mol. The van der Waals surface area contributed by atoms with Gasteiger partial charge in [0.25, 0.3) is 0 Å². The second-order valence-electron chi connectivity index (χ2n) is 4.02. The summed E-state index contributed by atoms with van der Waals surface area (Å²) in [6.45, 7) is 7.86. The minimum absolute atomic E-state index is 0.0457. The molecule has 0 aromatic carbocycles. The lowest BCUT2D eigenvalue weighted by Gasteiger charge is -2.06. The van der Waals surface area contributed by atoms with Crippen LogP contribution in [0.2, 0.25) is 0 Å². The number of nitrogens with zero attached hydrogens (tertiary/aromatic N) is 2. The quantitative estimate of drug-likeness (QED) is 0.531. The van der Waals surface area contributed by atoms with Crippen LogP contribution in [0.5, 0.6) is 0 Å². The van der Waals surface area contributed by atoms with Gasteiger partial charge in [0, 0.05) is 12.8 Å². The lowest BCUT2D eigenvalue weighted by molar-refractivity contribution is 0.100. The molecule has 0 amide bonds. The molecule has 1 aromatic heterocycles. The van der Waals surface area contributed by atoms with E-state index in [2.05, 4.69) is 18.9 Å². The third kappa shape index (κ3) is 4.25. The van der Waals surface area contributed by atoms with Crippen molar-refractivity contribution in [1.29, 1.82) is 0 Å². The molecule has 0 saturated carbocycles. The van der Waals surface area contributed by atoms with Gasteiger partial charge in [-0.3, -0.25) is 9.48 Å².